The van der Waals surface area contributed by atoms with Crippen molar-refractivity contribution in [3.8, 4) is 0 Å². The Kier molecular flexibility index (Phi) is 5.81. The number of hydroxylamine groups is 1. The lowest BCUT2D eigenvalue weighted by atomic mass is 9.95. The second kappa shape index (κ2) is 8.50. The van der Waals surface area contributed by atoms with E-state index in [-0.39, 0.29) is 35.3 Å². The number of aryl methyl sites for hydroxylation is 1. The summed E-state index contributed by atoms with van der Waals surface area (Å²) in [6.07, 6.45) is 2.94. The van der Waals surface area contributed by atoms with E-state index in [9.17, 15) is 14.4 Å². The van der Waals surface area contributed by atoms with Gasteiger partial charge in [-0.15, -0.1) is 0 Å². The van der Waals surface area contributed by atoms with Crippen molar-refractivity contribution < 1.29 is 19.0 Å². The highest BCUT2D eigenvalue weighted by atomic mass is 32.2. The van der Waals surface area contributed by atoms with Crippen LogP contribution in [-0.2, 0) is 11.2 Å². The van der Waals surface area contributed by atoms with Crippen molar-refractivity contribution in [2.75, 3.05) is 5.75 Å². The number of aromatic nitrogens is 2. The molecule has 1 fully saturated rings. The average molecular weight is 419 g/mol. The lowest BCUT2D eigenvalue weighted by Gasteiger charge is -2.27. The number of nitrogens with one attached hydrogen (secondary N) is 2. The predicted octanol–water partition coefficient (Wildman–Crippen LogP) is 2.63. The summed E-state index contributed by atoms with van der Waals surface area (Å²) in [6.45, 7) is 2.06. The molecule has 2 aromatic rings. The summed E-state index contributed by atoms with van der Waals surface area (Å²) in [7, 11) is 0. The third kappa shape index (κ3) is 4.43. The molecule has 1 aliphatic heterocycles. The van der Waals surface area contributed by atoms with E-state index in [0.29, 0.717) is 29.5 Å². The van der Waals surface area contributed by atoms with Gasteiger partial charge in [-0.1, -0.05) is 24.8 Å². The Balaban J connectivity index is 1.50. The van der Waals surface area contributed by atoms with Gasteiger partial charge in [-0.2, -0.15) is 0 Å². The number of carbonyl (C=O) groups excluding carboxylic acids is 1. The maximum Gasteiger partial charge on any atom is 0.220 e. The Morgan fingerprint density at radius 1 is 1.48 bits per heavy atom. The second-order valence-electron chi connectivity index (χ2n) is 7.53. The van der Waals surface area contributed by atoms with Crippen molar-refractivity contribution in [2.24, 2.45) is 10.9 Å². The van der Waals surface area contributed by atoms with E-state index in [1.807, 2.05) is 0 Å². The number of thioether (sulfide) groups is 1. The zero-order valence-electron chi connectivity index (χ0n) is 15.9. The minimum atomic E-state index is -0.313. The minimum Gasteiger partial charge on any atom is -0.353 e. The van der Waals surface area contributed by atoms with Crippen LogP contribution in [0.15, 0.2) is 32.8 Å². The molecule has 3 atom stereocenters. The first kappa shape index (κ1) is 19.8. The molecular formula is C19H22FN5O3S. The standard InChI is InChI=1S/C19H22FN5O3S/c1-10-6-13(21-16(26)7-10)9-29-19-17(24-28-25-19)18(23-27)22-15-5-3-11-2-4-12(20)8-14(11)15/h2,4,8,10,13,15,27H,3,5-7,9H2,1H3,(H,21,26)(H,22,23). The van der Waals surface area contributed by atoms with Crippen LogP contribution in [0.5, 0.6) is 0 Å². The van der Waals surface area contributed by atoms with Gasteiger partial charge in [0.05, 0.1) is 6.04 Å². The molecule has 0 bridgehead atoms. The van der Waals surface area contributed by atoms with Gasteiger partial charge in [-0.05, 0) is 58.8 Å². The van der Waals surface area contributed by atoms with Crippen LogP contribution in [0.1, 0.15) is 49.0 Å². The van der Waals surface area contributed by atoms with Gasteiger partial charge in [-0.3, -0.25) is 20.5 Å². The van der Waals surface area contributed by atoms with E-state index in [1.165, 1.54) is 23.9 Å². The quantitative estimate of drug-likeness (QED) is 0.296. The molecule has 3 unspecified atom stereocenters. The predicted molar refractivity (Wildman–Crippen MR) is 104 cm³/mol. The molecule has 2 heterocycles. The molecule has 0 spiro atoms. The van der Waals surface area contributed by atoms with E-state index in [1.54, 1.807) is 6.07 Å². The summed E-state index contributed by atoms with van der Waals surface area (Å²) in [5.41, 5.74) is 4.23. The summed E-state index contributed by atoms with van der Waals surface area (Å²) in [5, 5.41) is 20.9. The molecule has 4 rings (SSSR count). The lowest BCUT2D eigenvalue weighted by molar-refractivity contribution is -0.124. The van der Waals surface area contributed by atoms with Crippen LogP contribution in [0.2, 0.25) is 0 Å². The number of carbonyl (C=O) groups is 1. The first-order chi connectivity index (χ1) is 14.0. The summed E-state index contributed by atoms with van der Waals surface area (Å²) >= 11 is 1.38. The zero-order chi connectivity index (χ0) is 20.4. The van der Waals surface area contributed by atoms with E-state index in [2.05, 4.69) is 33.0 Å². The Hall–Kier alpha value is -2.46. The number of aliphatic imine (C=N–C) groups is 1. The first-order valence-corrected chi connectivity index (χ1v) is 10.5. The molecule has 1 aromatic heterocycles. The number of amides is 1. The monoisotopic (exact) mass is 419 g/mol. The molecule has 1 amide bonds. The second-order valence-corrected chi connectivity index (χ2v) is 8.53. The largest absolute Gasteiger partial charge is 0.353 e. The Bertz CT molecular complexity index is 934. The summed E-state index contributed by atoms with van der Waals surface area (Å²) in [4.78, 5) is 16.3. The Morgan fingerprint density at radius 3 is 3.14 bits per heavy atom. The third-order valence-corrected chi connectivity index (χ3v) is 6.35. The minimum absolute atomic E-state index is 0.0351. The van der Waals surface area contributed by atoms with Crippen LogP contribution in [0.4, 0.5) is 4.39 Å². The molecule has 1 aliphatic carbocycles. The van der Waals surface area contributed by atoms with Gasteiger partial charge in [0, 0.05) is 18.2 Å². The molecular weight excluding hydrogens is 397 g/mol. The fourth-order valence-corrected chi connectivity index (χ4v) is 4.86. The summed E-state index contributed by atoms with van der Waals surface area (Å²) in [5.74, 6) is 0.806. The molecule has 154 valence electrons. The van der Waals surface area contributed by atoms with Gasteiger partial charge in [0.1, 0.15) is 5.82 Å². The van der Waals surface area contributed by atoms with Crippen molar-refractivity contribution in [3.63, 3.8) is 0 Å². The van der Waals surface area contributed by atoms with Crippen LogP contribution in [-0.4, -0.2) is 39.1 Å². The highest BCUT2D eigenvalue weighted by Crippen LogP contribution is 2.35. The molecule has 1 saturated heterocycles. The van der Waals surface area contributed by atoms with Crippen molar-refractivity contribution in [1.29, 1.82) is 0 Å². The number of piperidine rings is 1. The fourth-order valence-electron chi connectivity index (χ4n) is 3.92. The number of nitrogens with zero attached hydrogens (tertiary/aromatic N) is 3. The van der Waals surface area contributed by atoms with E-state index in [0.717, 1.165) is 24.0 Å². The first-order valence-electron chi connectivity index (χ1n) is 9.54. The maximum absolute atomic E-state index is 13.6. The fraction of sp³-hybridized carbons (Fsp3) is 0.474. The third-order valence-electron chi connectivity index (χ3n) is 5.23. The summed E-state index contributed by atoms with van der Waals surface area (Å²) < 4.78 is 18.5. The number of fused-ring (bicyclic) bond motifs is 1. The van der Waals surface area contributed by atoms with Gasteiger partial charge in [0.25, 0.3) is 0 Å². The Labute approximate surface area is 171 Å². The maximum atomic E-state index is 13.6. The molecule has 10 heteroatoms. The van der Waals surface area contributed by atoms with Gasteiger partial charge < -0.3 is 5.32 Å². The van der Waals surface area contributed by atoms with Crippen molar-refractivity contribution in [3.05, 3.63) is 40.8 Å². The number of rotatable bonds is 5. The van der Waals surface area contributed by atoms with Gasteiger partial charge >= 0.3 is 0 Å². The topological polar surface area (TPSA) is 113 Å². The number of benzene rings is 1. The van der Waals surface area contributed by atoms with E-state index in [4.69, 9.17) is 4.63 Å². The van der Waals surface area contributed by atoms with Crippen LogP contribution < -0.4 is 10.8 Å². The van der Waals surface area contributed by atoms with Crippen LogP contribution >= 0.6 is 11.8 Å². The zero-order valence-corrected chi connectivity index (χ0v) is 16.7. The number of hydrogen-bond donors (Lipinski definition) is 3. The average Bonchev–Trinajstić information content (AvgIpc) is 3.30. The van der Waals surface area contributed by atoms with Crippen molar-refractivity contribution in [2.45, 2.75) is 49.7 Å². The van der Waals surface area contributed by atoms with Crippen LogP contribution in [0.3, 0.4) is 0 Å². The van der Waals surface area contributed by atoms with Crippen LogP contribution in [0, 0.1) is 11.7 Å². The molecule has 1 aromatic carbocycles. The molecule has 0 saturated carbocycles. The molecule has 3 N–H and O–H groups in total. The number of amidine groups is 1. The normalized spacial score (nSPS) is 24.3. The Morgan fingerprint density at radius 2 is 2.34 bits per heavy atom. The van der Waals surface area contributed by atoms with Gasteiger partial charge in [-0.25, -0.2) is 9.02 Å². The van der Waals surface area contributed by atoms with E-state index >= 15 is 0 Å². The number of hydrogen-bond acceptors (Lipinski definition) is 7. The number of halogens is 1. The highest BCUT2D eigenvalue weighted by Gasteiger charge is 2.27. The smallest absolute Gasteiger partial charge is 0.220 e. The van der Waals surface area contributed by atoms with Gasteiger partial charge in [0.15, 0.2) is 16.6 Å². The molecule has 2 aliphatic rings. The molecule has 8 nitrogen and oxygen atoms in total. The molecule has 29 heavy (non-hydrogen) atoms. The molecule has 0 radical (unpaired) electrons. The lowest BCUT2D eigenvalue weighted by Crippen LogP contribution is -2.43. The summed E-state index contributed by atoms with van der Waals surface area (Å²) in [6, 6.07) is 4.44. The van der Waals surface area contributed by atoms with Crippen molar-refractivity contribution >= 4 is 23.5 Å². The van der Waals surface area contributed by atoms with Crippen molar-refractivity contribution in [1.82, 2.24) is 21.1 Å². The highest BCUT2D eigenvalue weighted by molar-refractivity contribution is 7.99. The SMILES string of the molecule is CC1CC(=O)NC(CSc2nonc2C(=NC2CCc3ccc(F)cc32)NO)C1. The van der Waals surface area contributed by atoms with E-state index < -0.39 is 0 Å². The van der Waals surface area contributed by atoms with Gasteiger partial charge in [0.2, 0.25) is 5.91 Å². The van der Waals surface area contributed by atoms with Crippen LogP contribution in [0.25, 0.3) is 0 Å².